The molecule has 2 aromatic carbocycles. The molecule has 0 aliphatic rings. The van der Waals surface area contributed by atoms with Crippen molar-refractivity contribution in [2.24, 2.45) is 0 Å². The summed E-state index contributed by atoms with van der Waals surface area (Å²) in [5.74, 6) is 0.659. The molecule has 0 spiro atoms. The van der Waals surface area contributed by atoms with Crippen LogP contribution in [0.15, 0.2) is 48.5 Å². The summed E-state index contributed by atoms with van der Waals surface area (Å²) in [7, 11) is 0. The number of rotatable bonds is 10. The van der Waals surface area contributed by atoms with E-state index in [1.165, 1.54) is 32.6 Å². The smallest absolute Gasteiger partial charge is 0.303 e. The molecule has 1 atom stereocenters. The summed E-state index contributed by atoms with van der Waals surface area (Å²) < 4.78 is 11.0. The second-order valence-corrected chi connectivity index (χ2v) is 6.66. The van der Waals surface area contributed by atoms with E-state index in [-0.39, 0.29) is 12.1 Å². The Balaban J connectivity index is 1.86. The molecule has 0 fully saturated rings. The van der Waals surface area contributed by atoms with Gasteiger partial charge in [0, 0.05) is 6.92 Å². The second-order valence-electron chi connectivity index (χ2n) is 6.66. The average Bonchev–Trinajstić information content (AvgIpc) is 2.65. The zero-order valence-corrected chi connectivity index (χ0v) is 16.2. The maximum atomic E-state index is 11.1. The zero-order valence-electron chi connectivity index (χ0n) is 16.2. The monoisotopic (exact) mass is 354 g/mol. The van der Waals surface area contributed by atoms with Gasteiger partial charge in [-0.3, -0.25) is 4.79 Å². The summed E-state index contributed by atoms with van der Waals surface area (Å²) in [4.78, 5) is 11.1. The second kappa shape index (κ2) is 10.6. The highest BCUT2D eigenvalue weighted by molar-refractivity contribution is 5.67. The minimum absolute atomic E-state index is 0.227. The Morgan fingerprint density at radius 2 is 1.46 bits per heavy atom. The highest BCUT2D eigenvalue weighted by Crippen LogP contribution is 2.25. The van der Waals surface area contributed by atoms with E-state index in [9.17, 15) is 4.79 Å². The lowest BCUT2D eigenvalue weighted by atomic mass is 10.0. The number of benzene rings is 2. The van der Waals surface area contributed by atoms with Crippen LogP contribution in [-0.2, 0) is 9.53 Å². The van der Waals surface area contributed by atoms with E-state index in [1.807, 2.05) is 31.2 Å². The van der Waals surface area contributed by atoms with Gasteiger partial charge in [0.05, 0.1) is 6.61 Å². The van der Waals surface area contributed by atoms with Gasteiger partial charge in [-0.2, -0.15) is 0 Å². The Morgan fingerprint density at radius 1 is 0.885 bits per heavy atom. The van der Waals surface area contributed by atoms with Gasteiger partial charge in [0.25, 0.3) is 0 Å². The van der Waals surface area contributed by atoms with Crippen LogP contribution < -0.4 is 4.74 Å². The maximum absolute atomic E-state index is 11.1. The van der Waals surface area contributed by atoms with Gasteiger partial charge in [0.15, 0.2) is 0 Å². The molecule has 0 heterocycles. The number of esters is 1. The first-order valence-electron chi connectivity index (χ1n) is 9.60. The predicted octanol–water partition coefficient (Wildman–Crippen LogP) is 6.33. The van der Waals surface area contributed by atoms with Gasteiger partial charge in [-0.05, 0) is 42.2 Å². The van der Waals surface area contributed by atoms with Crippen molar-refractivity contribution < 1.29 is 14.3 Å². The lowest BCUT2D eigenvalue weighted by Crippen LogP contribution is -2.04. The molecular weight excluding hydrogens is 324 g/mol. The van der Waals surface area contributed by atoms with Gasteiger partial charge in [-0.15, -0.1) is 0 Å². The van der Waals surface area contributed by atoms with Gasteiger partial charge in [-0.25, -0.2) is 0 Å². The largest absolute Gasteiger partial charge is 0.494 e. The van der Waals surface area contributed by atoms with Crippen LogP contribution in [0.3, 0.4) is 0 Å². The summed E-state index contributed by atoms with van der Waals surface area (Å²) in [6.07, 6.45) is 6.01. The molecule has 0 aromatic heterocycles. The SMILES string of the molecule is CCCCCCCOc1ccc(-c2ccc(C(C)OC(C)=O)cc2)cc1. The maximum Gasteiger partial charge on any atom is 0.303 e. The predicted molar refractivity (Wildman–Crippen MR) is 106 cm³/mol. The third-order valence-corrected chi connectivity index (χ3v) is 4.43. The summed E-state index contributed by atoms with van der Waals surface area (Å²) in [5.41, 5.74) is 3.27. The molecule has 0 aliphatic heterocycles. The first-order valence-corrected chi connectivity index (χ1v) is 9.60. The van der Waals surface area contributed by atoms with E-state index in [1.54, 1.807) is 0 Å². The Bertz CT molecular complexity index is 659. The number of hydrogen-bond donors (Lipinski definition) is 0. The number of unbranched alkanes of at least 4 members (excludes halogenated alkanes) is 4. The Kier molecular flexibility index (Phi) is 8.20. The molecular formula is C23H30O3. The van der Waals surface area contributed by atoms with E-state index in [4.69, 9.17) is 9.47 Å². The van der Waals surface area contributed by atoms with Crippen LogP contribution in [0, 0.1) is 0 Å². The molecule has 140 valence electrons. The number of ether oxygens (including phenoxy) is 2. The summed E-state index contributed by atoms with van der Waals surface area (Å²) in [6.45, 7) is 6.32. The molecule has 0 saturated carbocycles. The molecule has 0 aliphatic carbocycles. The van der Waals surface area contributed by atoms with Crippen molar-refractivity contribution in [2.75, 3.05) is 6.61 Å². The summed E-state index contributed by atoms with van der Waals surface area (Å²) >= 11 is 0. The first kappa shape index (κ1) is 20.0. The highest BCUT2D eigenvalue weighted by atomic mass is 16.5. The highest BCUT2D eigenvalue weighted by Gasteiger charge is 2.08. The van der Waals surface area contributed by atoms with E-state index < -0.39 is 0 Å². The minimum Gasteiger partial charge on any atom is -0.494 e. The fourth-order valence-electron chi connectivity index (χ4n) is 2.90. The third kappa shape index (κ3) is 6.55. The summed E-state index contributed by atoms with van der Waals surface area (Å²) in [5, 5.41) is 0. The van der Waals surface area contributed by atoms with Gasteiger partial charge >= 0.3 is 5.97 Å². The van der Waals surface area contributed by atoms with Crippen LogP contribution >= 0.6 is 0 Å². The fraction of sp³-hybridized carbons (Fsp3) is 0.435. The Labute approximate surface area is 157 Å². The number of carbonyl (C=O) groups excluding carboxylic acids is 1. The Morgan fingerprint density at radius 3 is 2.04 bits per heavy atom. The van der Waals surface area contributed by atoms with Crippen LogP contribution in [0.25, 0.3) is 11.1 Å². The van der Waals surface area contributed by atoms with Crippen LogP contribution in [0.4, 0.5) is 0 Å². The van der Waals surface area contributed by atoms with Crippen molar-refractivity contribution in [3.8, 4) is 16.9 Å². The zero-order chi connectivity index (χ0) is 18.8. The molecule has 0 saturated heterocycles. The molecule has 0 radical (unpaired) electrons. The van der Waals surface area contributed by atoms with Crippen molar-refractivity contribution >= 4 is 5.97 Å². The van der Waals surface area contributed by atoms with Gasteiger partial charge in [-0.1, -0.05) is 69.0 Å². The van der Waals surface area contributed by atoms with Crippen LogP contribution in [0.1, 0.15) is 64.5 Å². The normalized spacial score (nSPS) is 11.8. The van der Waals surface area contributed by atoms with Crippen molar-refractivity contribution in [1.29, 1.82) is 0 Å². The van der Waals surface area contributed by atoms with E-state index in [2.05, 4.69) is 31.2 Å². The van der Waals surface area contributed by atoms with Crippen molar-refractivity contribution in [3.05, 3.63) is 54.1 Å². The molecule has 0 amide bonds. The van der Waals surface area contributed by atoms with Gasteiger partial charge in [0.2, 0.25) is 0 Å². The topological polar surface area (TPSA) is 35.5 Å². The molecule has 3 nitrogen and oxygen atoms in total. The molecule has 0 bridgehead atoms. The molecule has 0 N–H and O–H groups in total. The third-order valence-electron chi connectivity index (χ3n) is 4.43. The number of carbonyl (C=O) groups is 1. The van der Waals surface area contributed by atoms with Crippen molar-refractivity contribution in [3.63, 3.8) is 0 Å². The van der Waals surface area contributed by atoms with Crippen molar-refractivity contribution in [2.45, 2.75) is 59.0 Å². The first-order chi connectivity index (χ1) is 12.6. The van der Waals surface area contributed by atoms with Gasteiger partial charge in [0.1, 0.15) is 11.9 Å². The van der Waals surface area contributed by atoms with E-state index >= 15 is 0 Å². The van der Waals surface area contributed by atoms with Crippen LogP contribution in [0.2, 0.25) is 0 Å². The summed E-state index contributed by atoms with van der Waals surface area (Å²) in [6, 6.07) is 16.3. The quantitative estimate of drug-likeness (QED) is 0.369. The lowest BCUT2D eigenvalue weighted by Gasteiger charge is -2.13. The van der Waals surface area contributed by atoms with E-state index in [0.717, 1.165) is 35.5 Å². The van der Waals surface area contributed by atoms with E-state index in [0.29, 0.717) is 0 Å². The fourth-order valence-corrected chi connectivity index (χ4v) is 2.90. The Hall–Kier alpha value is -2.29. The molecule has 2 rings (SSSR count). The van der Waals surface area contributed by atoms with Crippen LogP contribution in [-0.4, -0.2) is 12.6 Å². The number of hydrogen-bond acceptors (Lipinski definition) is 3. The molecule has 26 heavy (non-hydrogen) atoms. The molecule has 3 heteroatoms. The molecule has 1 unspecified atom stereocenters. The van der Waals surface area contributed by atoms with Gasteiger partial charge < -0.3 is 9.47 Å². The minimum atomic E-state index is -0.262. The average molecular weight is 354 g/mol. The molecule has 2 aromatic rings. The van der Waals surface area contributed by atoms with Crippen molar-refractivity contribution in [1.82, 2.24) is 0 Å². The lowest BCUT2D eigenvalue weighted by molar-refractivity contribution is -0.145. The van der Waals surface area contributed by atoms with Crippen LogP contribution in [0.5, 0.6) is 5.75 Å². The standard InChI is InChI=1S/C23H30O3/c1-4-5-6-7-8-17-25-23-15-13-22(14-16-23)21-11-9-20(10-12-21)18(2)26-19(3)24/h9-16,18H,4-8,17H2,1-3H3.